The monoisotopic (exact) mass is 369 g/mol. The molecule has 0 spiro atoms. The van der Waals surface area contributed by atoms with Crippen molar-refractivity contribution in [3.63, 3.8) is 0 Å². The van der Waals surface area contributed by atoms with Crippen LogP contribution in [-0.2, 0) is 19.6 Å². The third kappa shape index (κ3) is 4.50. The van der Waals surface area contributed by atoms with E-state index in [4.69, 9.17) is 10.2 Å². The van der Waals surface area contributed by atoms with Gasteiger partial charge in [0.05, 0.1) is 6.54 Å². The molecule has 0 fully saturated rings. The number of rotatable bonds is 7. The van der Waals surface area contributed by atoms with Gasteiger partial charge >= 0.3 is 0 Å². The van der Waals surface area contributed by atoms with Gasteiger partial charge < -0.3 is 5.32 Å². The smallest absolute Gasteiger partial charge is 0.117 e. The van der Waals surface area contributed by atoms with Gasteiger partial charge in [-0.15, -0.1) is 0 Å². The summed E-state index contributed by atoms with van der Waals surface area (Å²) in [4.78, 5) is 5.85. The molecule has 0 aliphatic rings. The summed E-state index contributed by atoms with van der Waals surface area (Å²) < 4.78 is 0. The Bertz CT molecular complexity index is 1010. The fourth-order valence-corrected chi connectivity index (χ4v) is 3.08. The summed E-state index contributed by atoms with van der Waals surface area (Å²) in [6, 6.07) is 22.7. The van der Waals surface area contributed by atoms with Crippen LogP contribution in [0.25, 0.3) is 11.3 Å². The Morgan fingerprint density at radius 2 is 1.54 bits per heavy atom. The molecule has 0 aliphatic carbocycles. The van der Waals surface area contributed by atoms with Gasteiger partial charge in [0, 0.05) is 31.0 Å². The molecule has 0 unspecified atom stereocenters. The summed E-state index contributed by atoms with van der Waals surface area (Å²) in [5, 5.41) is 13.0. The fourth-order valence-electron chi connectivity index (χ4n) is 3.08. The van der Waals surface area contributed by atoms with Crippen molar-refractivity contribution in [3.05, 3.63) is 102 Å². The second kappa shape index (κ2) is 8.59. The molecule has 5 nitrogen and oxygen atoms in total. The zero-order chi connectivity index (χ0) is 19.2. The summed E-state index contributed by atoms with van der Waals surface area (Å²) in [5.41, 5.74) is 6.60. The lowest BCUT2D eigenvalue weighted by Gasteiger charge is -2.04. The third-order valence-corrected chi connectivity index (χ3v) is 4.59. The molecular formula is C23H23N5. The van der Waals surface area contributed by atoms with Crippen molar-refractivity contribution in [2.45, 2.75) is 26.6 Å². The van der Waals surface area contributed by atoms with E-state index in [1.807, 2.05) is 42.7 Å². The number of nitrogens with zero attached hydrogens (tertiary/aromatic N) is 4. The van der Waals surface area contributed by atoms with Crippen LogP contribution in [0.1, 0.15) is 22.4 Å². The van der Waals surface area contributed by atoms with E-state index in [0.717, 1.165) is 23.5 Å². The summed E-state index contributed by atoms with van der Waals surface area (Å²) >= 11 is 0. The van der Waals surface area contributed by atoms with E-state index in [1.165, 1.54) is 16.7 Å². The molecule has 1 N–H and O–H groups in total. The lowest BCUT2D eigenvalue weighted by atomic mass is 10.1. The van der Waals surface area contributed by atoms with Gasteiger partial charge in [-0.25, -0.2) is 0 Å². The van der Waals surface area contributed by atoms with Crippen molar-refractivity contribution in [2.75, 3.05) is 0 Å². The maximum Gasteiger partial charge on any atom is 0.117 e. The average molecular weight is 369 g/mol. The Kier molecular flexibility index (Phi) is 5.54. The van der Waals surface area contributed by atoms with Gasteiger partial charge in [0.1, 0.15) is 11.4 Å². The van der Waals surface area contributed by atoms with Gasteiger partial charge in [-0.1, -0.05) is 60.2 Å². The molecule has 0 atom stereocenters. The SMILES string of the molecule is Cc1ccc(Cn2nc(CNCc3ccncc3)c(-c3ccccc3)n2)cc1. The summed E-state index contributed by atoms with van der Waals surface area (Å²) in [7, 11) is 0. The highest BCUT2D eigenvalue weighted by molar-refractivity contribution is 5.60. The number of hydrogen-bond donors (Lipinski definition) is 1. The lowest BCUT2D eigenvalue weighted by molar-refractivity contribution is 0.576. The normalized spacial score (nSPS) is 10.9. The van der Waals surface area contributed by atoms with E-state index in [9.17, 15) is 0 Å². The van der Waals surface area contributed by atoms with E-state index in [0.29, 0.717) is 13.1 Å². The highest BCUT2D eigenvalue weighted by atomic mass is 15.5. The van der Waals surface area contributed by atoms with Crippen LogP contribution in [-0.4, -0.2) is 20.0 Å². The lowest BCUT2D eigenvalue weighted by Crippen LogP contribution is -2.14. The van der Waals surface area contributed by atoms with Gasteiger partial charge in [-0.2, -0.15) is 15.0 Å². The molecular weight excluding hydrogens is 346 g/mol. The van der Waals surface area contributed by atoms with Crippen molar-refractivity contribution >= 4 is 0 Å². The van der Waals surface area contributed by atoms with E-state index in [2.05, 4.69) is 53.6 Å². The zero-order valence-corrected chi connectivity index (χ0v) is 15.9. The Morgan fingerprint density at radius 3 is 2.29 bits per heavy atom. The minimum atomic E-state index is 0.653. The molecule has 0 bridgehead atoms. The van der Waals surface area contributed by atoms with Crippen LogP contribution >= 0.6 is 0 Å². The van der Waals surface area contributed by atoms with Gasteiger partial charge in [0.25, 0.3) is 0 Å². The molecule has 140 valence electrons. The number of hydrogen-bond acceptors (Lipinski definition) is 4. The van der Waals surface area contributed by atoms with E-state index in [1.54, 1.807) is 4.80 Å². The molecule has 5 heteroatoms. The number of benzene rings is 2. The molecule has 2 aromatic heterocycles. The maximum absolute atomic E-state index is 4.78. The first-order valence-electron chi connectivity index (χ1n) is 9.42. The summed E-state index contributed by atoms with van der Waals surface area (Å²) in [6.45, 7) is 4.17. The average Bonchev–Trinajstić information content (AvgIpc) is 3.14. The maximum atomic E-state index is 4.78. The van der Waals surface area contributed by atoms with Crippen LogP contribution in [0.4, 0.5) is 0 Å². The van der Waals surface area contributed by atoms with Crippen molar-refractivity contribution < 1.29 is 0 Å². The Morgan fingerprint density at radius 1 is 0.786 bits per heavy atom. The largest absolute Gasteiger partial charge is 0.307 e. The Balaban J connectivity index is 1.54. The first kappa shape index (κ1) is 18.1. The van der Waals surface area contributed by atoms with Gasteiger partial charge in [-0.3, -0.25) is 4.98 Å². The number of aromatic nitrogens is 4. The van der Waals surface area contributed by atoms with E-state index >= 15 is 0 Å². The van der Waals surface area contributed by atoms with Crippen LogP contribution < -0.4 is 5.32 Å². The molecule has 28 heavy (non-hydrogen) atoms. The van der Waals surface area contributed by atoms with Crippen molar-refractivity contribution in [3.8, 4) is 11.3 Å². The van der Waals surface area contributed by atoms with Gasteiger partial charge in [0.15, 0.2) is 0 Å². The van der Waals surface area contributed by atoms with Crippen molar-refractivity contribution in [1.29, 1.82) is 0 Å². The highest BCUT2D eigenvalue weighted by Gasteiger charge is 2.13. The quantitative estimate of drug-likeness (QED) is 0.535. The summed E-state index contributed by atoms with van der Waals surface area (Å²) in [5.74, 6) is 0. The van der Waals surface area contributed by atoms with E-state index < -0.39 is 0 Å². The molecule has 4 rings (SSSR count). The first-order valence-corrected chi connectivity index (χ1v) is 9.42. The molecule has 0 radical (unpaired) electrons. The first-order chi connectivity index (χ1) is 13.8. The number of aryl methyl sites for hydroxylation is 1. The fraction of sp³-hybridized carbons (Fsp3) is 0.174. The van der Waals surface area contributed by atoms with Crippen LogP contribution in [0.15, 0.2) is 79.1 Å². The van der Waals surface area contributed by atoms with Crippen LogP contribution in [0, 0.1) is 6.92 Å². The predicted octanol–water partition coefficient (Wildman–Crippen LogP) is 3.99. The molecule has 0 saturated heterocycles. The van der Waals surface area contributed by atoms with Crippen molar-refractivity contribution in [2.24, 2.45) is 0 Å². The Labute approximate surface area is 165 Å². The van der Waals surface area contributed by atoms with Gasteiger partial charge in [-0.05, 0) is 30.2 Å². The molecule has 2 aromatic carbocycles. The molecule has 0 aliphatic heterocycles. The van der Waals surface area contributed by atoms with Crippen LogP contribution in [0.2, 0.25) is 0 Å². The number of nitrogens with one attached hydrogen (secondary N) is 1. The summed E-state index contributed by atoms with van der Waals surface area (Å²) in [6.07, 6.45) is 3.62. The number of pyridine rings is 1. The molecule has 2 heterocycles. The van der Waals surface area contributed by atoms with Crippen LogP contribution in [0.3, 0.4) is 0 Å². The minimum absolute atomic E-state index is 0.653. The Hall–Kier alpha value is -3.31. The molecule has 0 saturated carbocycles. The second-order valence-corrected chi connectivity index (χ2v) is 6.84. The van der Waals surface area contributed by atoms with E-state index in [-0.39, 0.29) is 0 Å². The molecule has 0 amide bonds. The minimum Gasteiger partial charge on any atom is -0.307 e. The van der Waals surface area contributed by atoms with Gasteiger partial charge in [0.2, 0.25) is 0 Å². The van der Waals surface area contributed by atoms with Crippen molar-refractivity contribution in [1.82, 2.24) is 25.3 Å². The zero-order valence-electron chi connectivity index (χ0n) is 15.9. The second-order valence-electron chi connectivity index (χ2n) is 6.84. The topological polar surface area (TPSA) is 55.6 Å². The predicted molar refractivity (Wildman–Crippen MR) is 111 cm³/mol. The molecule has 4 aromatic rings. The highest BCUT2D eigenvalue weighted by Crippen LogP contribution is 2.20. The standard InChI is InChI=1S/C23H23N5/c1-18-7-9-20(10-8-18)17-28-26-22(16-25-15-19-11-13-24-14-12-19)23(27-28)21-5-3-2-4-6-21/h2-14,25H,15-17H2,1H3. The van der Waals surface area contributed by atoms with Crippen LogP contribution in [0.5, 0.6) is 0 Å². The third-order valence-electron chi connectivity index (χ3n) is 4.59.